The Bertz CT molecular complexity index is 492. The normalized spacial score (nSPS) is 11.4. The average Bonchev–Trinajstić information content (AvgIpc) is 2.97. The number of aromatic nitrogens is 1. The van der Waals surface area contributed by atoms with Crippen LogP contribution in [0.15, 0.2) is 9.52 Å². The Morgan fingerprint density at radius 1 is 1.26 bits per heavy atom. The van der Waals surface area contributed by atoms with Gasteiger partial charge in [-0.2, -0.15) is 0 Å². The molecule has 0 radical (unpaired) electrons. The lowest BCUT2D eigenvalue weighted by atomic mass is 10.1. The number of hydrogen-bond acceptors (Lipinski definition) is 5. The molecule has 0 aliphatic rings. The van der Waals surface area contributed by atoms with Crippen molar-refractivity contribution in [2.45, 2.75) is 33.2 Å². The third kappa shape index (κ3) is 6.27. The van der Waals surface area contributed by atoms with Crippen molar-refractivity contribution in [2.75, 3.05) is 33.9 Å². The predicted molar refractivity (Wildman–Crippen MR) is 88.3 cm³/mol. The Hall–Kier alpha value is -2.09. The van der Waals surface area contributed by atoms with Crippen LogP contribution in [0, 0.1) is 0 Å². The highest BCUT2D eigenvalue weighted by Crippen LogP contribution is 2.15. The van der Waals surface area contributed by atoms with Gasteiger partial charge in [0, 0.05) is 39.2 Å². The summed E-state index contributed by atoms with van der Waals surface area (Å²) in [7, 11) is 3.25. The lowest BCUT2D eigenvalue weighted by Gasteiger charge is -2.12. The van der Waals surface area contributed by atoms with Crippen molar-refractivity contribution < 1.29 is 14.1 Å². The van der Waals surface area contributed by atoms with Gasteiger partial charge in [-0.05, 0) is 6.42 Å². The van der Waals surface area contributed by atoms with Crippen molar-refractivity contribution in [3.8, 4) is 0 Å². The minimum Gasteiger partial charge on any atom is -0.383 e. The number of ether oxygens (including phenoxy) is 1. The van der Waals surface area contributed by atoms with E-state index in [2.05, 4.69) is 26.1 Å². The summed E-state index contributed by atoms with van der Waals surface area (Å²) < 4.78 is 10.2. The lowest BCUT2D eigenvalue weighted by Crippen LogP contribution is -2.43. The van der Waals surface area contributed by atoms with Gasteiger partial charge in [-0.3, -0.25) is 9.79 Å². The van der Waals surface area contributed by atoms with Crippen LogP contribution >= 0.6 is 0 Å². The van der Waals surface area contributed by atoms with E-state index in [1.54, 1.807) is 14.2 Å². The van der Waals surface area contributed by atoms with Gasteiger partial charge in [0.05, 0.1) is 18.8 Å². The summed E-state index contributed by atoms with van der Waals surface area (Å²) in [5.41, 5.74) is 2.00. The van der Waals surface area contributed by atoms with Crippen LogP contribution in [0.4, 0.5) is 0 Å². The number of nitrogens with one attached hydrogen (secondary N) is 3. The molecule has 0 aromatic carbocycles. The van der Waals surface area contributed by atoms with Gasteiger partial charge < -0.3 is 25.2 Å². The van der Waals surface area contributed by atoms with Crippen molar-refractivity contribution in [3.05, 3.63) is 17.0 Å². The van der Waals surface area contributed by atoms with Crippen LogP contribution in [0.2, 0.25) is 0 Å². The minimum atomic E-state index is -0.113. The summed E-state index contributed by atoms with van der Waals surface area (Å²) >= 11 is 0. The molecule has 0 aliphatic heterocycles. The number of rotatable bonds is 9. The molecule has 8 heteroatoms. The number of hydrogen-bond donors (Lipinski definition) is 3. The summed E-state index contributed by atoms with van der Waals surface area (Å²) in [5.74, 6) is 1.32. The molecule has 1 aromatic heterocycles. The minimum absolute atomic E-state index is 0.113. The summed E-state index contributed by atoms with van der Waals surface area (Å²) in [6.07, 6.45) is 1.60. The molecule has 1 aromatic rings. The topological polar surface area (TPSA) is 101 Å². The van der Waals surface area contributed by atoms with Crippen LogP contribution in [0.1, 0.15) is 30.9 Å². The molecule has 0 fully saturated rings. The van der Waals surface area contributed by atoms with Crippen LogP contribution in [-0.4, -0.2) is 50.9 Å². The standard InChI is InChI=1S/C15H27N5O3/c1-5-12-11(13(6-2)23-20-12)9-18-15(16-3)19-10-14(21)17-7-8-22-4/h5-10H2,1-4H3,(H,17,21)(H2,16,18,19). The predicted octanol–water partition coefficient (Wildman–Crippen LogP) is 0.227. The largest absolute Gasteiger partial charge is 0.383 e. The molecule has 23 heavy (non-hydrogen) atoms. The molecule has 0 unspecified atom stereocenters. The lowest BCUT2D eigenvalue weighted by molar-refractivity contribution is -0.120. The van der Waals surface area contributed by atoms with E-state index in [1.165, 1.54) is 0 Å². The van der Waals surface area contributed by atoms with E-state index in [9.17, 15) is 4.79 Å². The summed E-state index contributed by atoms with van der Waals surface area (Å²) in [4.78, 5) is 15.7. The zero-order valence-corrected chi connectivity index (χ0v) is 14.4. The molecule has 0 atom stereocenters. The van der Waals surface area contributed by atoms with E-state index in [-0.39, 0.29) is 12.5 Å². The SMILES string of the molecule is CCc1noc(CC)c1CNC(=NC)NCC(=O)NCCOC. The third-order valence-corrected chi connectivity index (χ3v) is 3.31. The summed E-state index contributed by atoms with van der Waals surface area (Å²) in [6.45, 7) is 5.75. The molecule has 0 saturated carbocycles. The first-order chi connectivity index (χ1) is 11.2. The Morgan fingerprint density at radius 2 is 2.04 bits per heavy atom. The molecule has 8 nitrogen and oxygen atoms in total. The fourth-order valence-electron chi connectivity index (χ4n) is 2.05. The Morgan fingerprint density at radius 3 is 2.65 bits per heavy atom. The number of carbonyl (C=O) groups excluding carboxylic acids is 1. The van der Waals surface area contributed by atoms with Crippen molar-refractivity contribution in [1.29, 1.82) is 0 Å². The first-order valence-electron chi connectivity index (χ1n) is 7.82. The van der Waals surface area contributed by atoms with Crippen LogP contribution in [0.3, 0.4) is 0 Å². The fraction of sp³-hybridized carbons (Fsp3) is 0.667. The molecule has 0 bridgehead atoms. The number of methoxy groups -OCH3 is 1. The molecule has 1 rings (SSSR count). The van der Waals surface area contributed by atoms with Crippen LogP contribution in [0.5, 0.6) is 0 Å². The van der Waals surface area contributed by atoms with Crippen LogP contribution < -0.4 is 16.0 Å². The number of aliphatic imine (C=N–C) groups is 1. The van der Waals surface area contributed by atoms with Crippen LogP contribution in [0.25, 0.3) is 0 Å². The van der Waals surface area contributed by atoms with E-state index in [4.69, 9.17) is 9.26 Å². The molecule has 0 spiro atoms. The molecule has 3 N–H and O–H groups in total. The Labute approximate surface area is 137 Å². The van der Waals surface area contributed by atoms with Crippen molar-refractivity contribution in [1.82, 2.24) is 21.1 Å². The van der Waals surface area contributed by atoms with E-state index in [0.717, 1.165) is 29.9 Å². The van der Waals surface area contributed by atoms with E-state index in [0.29, 0.717) is 25.7 Å². The summed E-state index contributed by atoms with van der Waals surface area (Å²) in [6, 6.07) is 0. The van der Waals surface area contributed by atoms with Crippen molar-refractivity contribution in [2.24, 2.45) is 4.99 Å². The first-order valence-corrected chi connectivity index (χ1v) is 7.82. The molecule has 0 aliphatic carbocycles. The van der Waals surface area contributed by atoms with Gasteiger partial charge in [-0.15, -0.1) is 0 Å². The van der Waals surface area contributed by atoms with Crippen LogP contribution in [-0.2, 0) is 28.9 Å². The van der Waals surface area contributed by atoms with Gasteiger partial charge in [0.15, 0.2) is 5.96 Å². The molecule has 0 saturated heterocycles. The molecular weight excluding hydrogens is 298 g/mol. The second-order valence-electron chi connectivity index (χ2n) is 4.86. The highest BCUT2D eigenvalue weighted by atomic mass is 16.5. The second-order valence-corrected chi connectivity index (χ2v) is 4.86. The average molecular weight is 325 g/mol. The molecular formula is C15H27N5O3. The first kappa shape index (κ1) is 19.0. The maximum absolute atomic E-state index is 11.6. The maximum atomic E-state index is 11.6. The van der Waals surface area contributed by atoms with E-state index < -0.39 is 0 Å². The zero-order valence-electron chi connectivity index (χ0n) is 14.4. The molecule has 1 heterocycles. The van der Waals surface area contributed by atoms with Gasteiger partial charge >= 0.3 is 0 Å². The van der Waals surface area contributed by atoms with Crippen molar-refractivity contribution in [3.63, 3.8) is 0 Å². The molecule has 130 valence electrons. The number of nitrogens with zero attached hydrogens (tertiary/aromatic N) is 2. The zero-order chi connectivity index (χ0) is 17.1. The molecule has 1 amide bonds. The van der Waals surface area contributed by atoms with Gasteiger partial charge in [0.2, 0.25) is 5.91 Å². The van der Waals surface area contributed by atoms with Gasteiger partial charge in [-0.25, -0.2) is 0 Å². The smallest absolute Gasteiger partial charge is 0.239 e. The van der Waals surface area contributed by atoms with Crippen molar-refractivity contribution >= 4 is 11.9 Å². The highest BCUT2D eigenvalue weighted by molar-refractivity contribution is 5.86. The fourth-order valence-corrected chi connectivity index (χ4v) is 2.05. The third-order valence-electron chi connectivity index (χ3n) is 3.31. The Balaban J connectivity index is 2.46. The number of aryl methyl sites for hydroxylation is 2. The number of carbonyl (C=O) groups is 1. The van der Waals surface area contributed by atoms with E-state index >= 15 is 0 Å². The number of guanidine groups is 1. The van der Waals surface area contributed by atoms with Gasteiger partial charge in [0.25, 0.3) is 0 Å². The summed E-state index contributed by atoms with van der Waals surface area (Å²) in [5, 5.41) is 13.0. The highest BCUT2D eigenvalue weighted by Gasteiger charge is 2.13. The second kappa shape index (κ2) is 10.6. The Kier molecular flexibility index (Phi) is 8.74. The maximum Gasteiger partial charge on any atom is 0.239 e. The monoisotopic (exact) mass is 325 g/mol. The number of amides is 1. The quantitative estimate of drug-likeness (QED) is 0.341. The van der Waals surface area contributed by atoms with Gasteiger partial charge in [0.1, 0.15) is 5.76 Å². The van der Waals surface area contributed by atoms with E-state index in [1.807, 2.05) is 13.8 Å². The van der Waals surface area contributed by atoms with Gasteiger partial charge in [-0.1, -0.05) is 19.0 Å².